The second-order valence-corrected chi connectivity index (χ2v) is 12.7. The van der Waals surface area contributed by atoms with E-state index >= 15 is 0 Å². The Bertz CT molecular complexity index is 1640. The van der Waals surface area contributed by atoms with E-state index in [1.54, 1.807) is 12.1 Å². The van der Waals surface area contributed by atoms with Gasteiger partial charge in [-0.3, -0.25) is 0 Å². The minimum Gasteiger partial charge on any atom is -0.463 e. The second kappa shape index (κ2) is 19.5. The highest BCUT2D eigenvalue weighted by atomic mass is 35.5. The predicted molar refractivity (Wildman–Crippen MR) is 196 cm³/mol. The van der Waals surface area contributed by atoms with Gasteiger partial charge in [-0.15, -0.1) is 0 Å². The monoisotopic (exact) mass is 682 g/mol. The van der Waals surface area contributed by atoms with Crippen molar-refractivity contribution >= 4 is 29.5 Å². The van der Waals surface area contributed by atoms with Gasteiger partial charge in [-0.25, -0.2) is 14.4 Å². The molecule has 0 amide bonds. The van der Waals surface area contributed by atoms with Crippen molar-refractivity contribution in [3.8, 4) is 28.0 Å². The number of unbranched alkanes of at least 4 members (excludes halogenated alkanes) is 7. The van der Waals surface area contributed by atoms with Gasteiger partial charge < -0.3 is 14.2 Å². The maximum atomic E-state index is 12.8. The van der Waals surface area contributed by atoms with Crippen LogP contribution in [0.3, 0.4) is 0 Å². The molecule has 1 atom stereocenters. The summed E-state index contributed by atoms with van der Waals surface area (Å²) in [5.74, 6) is -1.48. The molecular formula is C42H47ClO6. The van der Waals surface area contributed by atoms with Gasteiger partial charge >= 0.3 is 17.9 Å². The molecule has 7 heteroatoms. The lowest BCUT2D eigenvalue weighted by molar-refractivity contribution is -0.153. The lowest BCUT2D eigenvalue weighted by Crippen LogP contribution is -2.26. The van der Waals surface area contributed by atoms with E-state index < -0.39 is 24.0 Å². The van der Waals surface area contributed by atoms with E-state index in [2.05, 4.69) is 50.2 Å². The molecule has 258 valence electrons. The molecule has 0 saturated carbocycles. The van der Waals surface area contributed by atoms with E-state index in [-0.39, 0.29) is 11.3 Å². The van der Waals surface area contributed by atoms with Gasteiger partial charge in [0.05, 0.1) is 17.7 Å². The summed E-state index contributed by atoms with van der Waals surface area (Å²) in [4.78, 5) is 37.5. The molecule has 4 rings (SSSR count). The standard InChI is InChI=1S/C42H47ClO6/c1-4-6-8-10-11-13-34-20-23-37(29-39(34)43)33-16-14-31(15-17-33)32-18-21-35(22-19-32)42(46)49-38-26-24-36(25-27-38)41(45)48-30(3)40(44)47-28-12-9-7-5-2/h14-27,29-30H,4-13,28H2,1-3H3. The molecule has 0 saturated heterocycles. The molecular weight excluding hydrogens is 636 g/mol. The molecule has 0 spiro atoms. The molecule has 49 heavy (non-hydrogen) atoms. The van der Waals surface area contributed by atoms with Gasteiger partial charge in [-0.2, -0.15) is 0 Å². The van der Waals surface area contributed by atoms with Crippen molar-refractivity contribution < 1.29 is 28.6 Å². The quantitative estimate of drug-likeness (QED) is 0.0590. The Morgan fingerprint density at radius 3 is 1.73 bits per heavy atom. The maximum absolute atomic E-state index is 12.8. The average molecular weight is 683 g/mol. The normalized spacial score (nSPS) is 11.5. The number of aryl methyl sites for hydroxylation is 1. The first-order valence-corrected chi connectivity index (χ1v) is 17.9. The first-order chi connectivity index (χ1) is 23.8. The first kappa shape index (κ1) is 37.4. The molecule has 0 heterocycles. The van der Waals surface area contributed by atoms with Gasteiger partial charge in [-0.1, -0.05) is 119 Å². The number of benzene rings is 4. The summed E-state index contributed by atoms with van der Waals surface area (Å²) in [6.45, 7) is 6.12. The third kappa shape index (κ3) is 11.6. The van der Waals surface area contributed by atoms with Gasteiger partial charge in [0, 0.05) is 5.02 Å². The van der Waals surface area contributed by atoms with Crippen molar-refractivity contribution in [2.75, 3.05) is 6.61 Å². The number of esters is 3. The molecule has 0 aliphatic carbocycles. The van der Waals surface area contributed by atoms with Gasteiger partial charge in [0.15, 0.2) is 6.10 Å². The van der Waals surface area contributed by atoms with Crippen LogP contribution in [0.1, 0.15) is 105 Å². The molecule has 0 aliphatic heterocycles. The summed E-state index contributed by atoms with van der Waals surface area (Å²) in [6.07, 6.45) is 10.1. The van der Waals surface area contributed by atoms with Crippen molar-refractivity contribution in [2.45, 2.75) is 91.1 Å². The molecule has 0 fully saturated rings. The van der Waals surface area contributed by atoms with Crippen molar-refractivity contribution in [3.63, 3.8) is 0 Å². The van der Waals surface area contributed by atoms with Crippen LogP contribution in [0.2, 0.25) is 5.02 Å². The number of ether oxygens (including phenoxy) is 3. The molecule has 0 aromatic heterocycles. The van der Waals surface area contributed by atoms with Gasteiger partial charge in [0.25, 0.3) is 0 Å². The third-order valence-electron chi connectivity index (χ3n) is 8.43. The van der Waals surface area contributed by atoms with Crippen molar-refractivity contribution in [3.05, 3.63) is 113 Å². The molecule has 4 aromatic carbocycles. The van der Waals surface area contributed by atoms with Crippen molar-refractivity contribution in [2.24, 2.45) is 0 Å². The van der Waals surface area contributed by atoms with Crippen LogP contribution in [0.15, 0.2) is 91.0 Å². The number of halogens is 1. The van der Waals surface area contributed by atoms with Gasteiger partial charge in [0.2, 0.25) is 0 Å². The molecule has 6 nitrogen and oxygen atoms in total. The zero-order chi connectivity index (χ0) is 35.0. The summed E-state index contributed by atoms with van der Waals surface area (Å²) in [5, 5.41) is 0.815. The number of hydrogen-bond acceptors (Lipinski definition) is 6. The molecule has 0 radical (unpaired) electrons. The lowest BCUT2D eigenvalue weighted by Gasteiger charge is -2.13. The van der Waals surface area contributed by atoms with Gasteiger partial charge in [0.1, 0.15) is 5.75 Å². The van der Waals surface area contributed by atoms with Crippen LogP contribution in [-0.4, -0.2) is 30.6 Å². The predicted octanol–water partition coefficient (Wildman–Crippen LogP) is 11.1. The van der Waals surface area contributed by atoms with E-state index in [9.17, 15) is 14.4 Å². The molecule has 0 N–H and O–H groups in total. The SMILES string of the molecule is CCCCCCCc1ccc(-c2ccc(-c3ccc(C(=O)Oc4ccc(C(=O)OC(C)C(=O)OCCCCCC)cc4)cc3)cc2)cc1Cl. The Hall–Kier alpha value is -4.42. The largest absolute Gasteiger partial charge is 0.463 e. The fourth-order valence-electron chi connectivity index (χ4n) is 5.42. The maximum Gasteiger partial charge on any atom is 0.347 e. The minimum absolute atomic E-state index is 0.228. The Morgan fingerprint density at radius 1 is 0.612 bits per heavy atom. The van der Waals surface area contributed by atoms with Crippen molar-refractivity contribution in [1.82, 2.24) is 0 Å². The Morgan fingerprint density at radius 2 is 1.12 bits per heavy atom. The average Bonchev–Trinajstić information content (AvgIpc) is 3.12. The van der Waals surface area contributed by atoms with E-state index in [0.29, 0.717) is 12.2 Å². The number of carbonyl (C=O) groups is 3. The second-order valence-electron chi connectivity index (χ2n) is 12.3. The van der Waals surface area contributed by atoms with Crippen LogP contribution in [0.25, 0.3) is 22.3 Å². The minimum atomic E-state index is -1.02. The van der Waals surface area contributed by atoms with Gasteiger partial charge in [-0.05, 0) is 96.5 Å². The van der Waals surface area contributed by atoms with E-state index in [4.69, 9.17) is 25.8 Å². The van der Waals surface area contributed by atoms with E-state index in [0.717, 1.165) is 65.8 Å². The smallest absolute Gasteiger partial charge is 0.347 e. The fraction of sp³-hybridized carbons (Fsp3) is 0.357. The van der Waals surface area contributed by atoms with E-state index in [1.165, 1.54) is 62.4 Å². The Balaban J connectivity index is 1.27. The summed E-state index contributed by atoms with van der Waals surface area (Å²) >= 11 is 6.64. The van der Waals surface area contributed by atoms with Crippen LogP contribution in [0, 0.1) is 0 Å². The highest BCUT2D eigenvalue weighted by Crippen LogP contribution is 2.29. The molecule has 0 bridgehead atoms. The highest BCUT2D eigenvalue weighted by Gasteiger charge is 2.20. The molecule has 1 unspecified atom stereocenters. The zero-order valence-electron chi connectivity index (χ0n) is 28.8. The Labute approximate surface area is 295 Å². The van der Waals surface area contributed by atoms with E-state index in [1.807, 2.05) is 18.2 Å². The molecule has 4 aromatic rings. The highest BCUT2D eigenvalue weighted by molar-refractivity contribution is 6.31. The number of carbonyl (C=O) groups excluding carboxylic acids is 3. The summed E-state index contributed by atoms with van der Waals surface area (Å²) in [5.41, 5.74) is 5.99. The van der Waals surface area contributed by atoms with Crippen LogP contribution in [0.5, 0.6) is 5.75 Å². The Kier molecular flexibility index (Phi) is 14.9. The van der Waals surface area contributed by atoms with Crippen LogP contribution in [0.4, 0.5) is 0 Å². The lowest BCUT2D eigenvalue weighted by atomic mass is 9.98. The number of rotatable bonds is 18. The zero-order valence-corrected chi connectivity index (χ0v) is 29.6. The molecule has 0 aliphatic rings. The summed E-state index contributed by atoms with van der Waals surface area (Å²) in [6, 6.07) is 27.8. The fourth-order valence-corrected chi connectivity index (χ4v) is 5.70. The topological polar surface area (TPSA) is 78.9 Å². The summed E-state index contributed by atoms with van der Waals surface area (Å²) in [7, 11) is 0. The van der Waals surface area contributed by atoms with Crippen LogP contribution >= 0.6 is 11.6 Å². The summed E-state index contributed by atoms with van der Waals surface area (Å²) < 4.78 is 16.0. The number of hydrogen-bond donors (Lipinski definition) is 0. The van der Waals surface area contributed by atoms with Crippen molar-refractivity contribution in [1.29, 1.82) is 0 Å². The van der Waals surface area contributed by atoms with Crippen LogP contribution < -0.4 is 4.74 Å². The first-order valence-electron chi connectivity index (χ1n) is 17.5. The van der Waals surface area contributed by atoms with Crippen LogP contribution in [-0.2, 0) is 20.7 Å². The third-order valence-corrected chi connectivity index (χ3v) is 8.79.